The van der Waals surface area contributed by atoms with Crippen molar-refractivity contribution in [3.8, 4) is 5.82 Å². The molecule has 0 saturated heterocycles. The van der Waals surface area contributed by atoms with Gasteiger partial charge in [-0.25, -0.2) is 9.55 Å². The Morgan fingerprint density at radius 2 is 1.94 bits per heavy atom. The molecule has 0 bridgehead atoms. The molecule has 0 spiro atoms. The summed E-state index contributed by atoms with van der Waals surface area (Å²) in [4.78, 5) is 44.1. The number of hydrogen-bond donors (Lipinski definition) is 1. The number of carbonyl (C=O) groups excluding carboxylic acids is 2. The van der Waals surface area contributed by atoms with E-state index in [1.807, 2.05) is 0 Å². The molecule has 2 amide bonds. The molecule has 190 valence electrons. The number of alkyl halides is 3. The maximum atomic E-state index is 13.3. The van der Waals surface area contributed by atoms with Gasteiger partial charge < -0.3 is 10.2 Å². The SMILES string of the molecule is CNC(=O)c1cc(-n2c(Cl)nc3c(c2=O)C[C@@H](C)N(C(=O)c2ccc(Br)c(C(F)(F)F)c2)C3)nn1C. The summed E-state index contributed by atoms with van der Waals surface area (Å²) in [6.45, 7) is 1.57. The second-order valence-corrected chi connectivity index (χ2v) is 9.41. The summed E-state index contributed by atoms with van der Waals surface area (Å²) >= 11 is 9.18. The van der Waals surface area contributed by atoms with Gasteiger partial charge in [0.25, 0.3) is 17.4 Å². The summed E-state index contributed by atoms with van der Waals surface area (Å²) in [6, 6.07) is 4.14. The van der Waals surface area contributed by atoms with Crippen molar-refractivity contribution in [2.75, 3.05) is 7.05 Å². The molecule has 14 heteroatoms. The molecule has 3 aromatic rings. The Morgan fingerprint density at radius 3 is 2.58 bits per heavy atom. The van der Waals surface area contributed by atoms with E-state index in [0.29, 0.717) is 5.56 Å². The first kappa shape index (κ1) is 25.9. The number of carbonyl (C=O) groups is 2. The molecule has 0 saturated carbocycles. The predicted molar refractivity (Wildman–Crippen MR) is 127 cm³/mol. The number of fused-ring (bicyclic) bond motifs is 1. The number of halogens is 5. The number of benzene rings is 1. The Morgan fingerprint density at radius 1 is 1.25 bits per heavy atom. The number of aromatic nitrogens is 4. The van der Waals surface area contributed by atoms with Crippen molar-refractivity contribution >= 4 is 39.3 Å². The van der Waals surface area contributed by atoms with Crippen LogP contribution in [-0.2, 0) is 26.2 Å². The van der Waals surface area contributed by atoms with Gasteiger partial charge in [0, 0.05) is 41.8 Å². The van der Waals surface area contributed by atoms with Gasteiger partial charge in [0.2, 0.25) is 5.28 Å². The number of amides is 2. The van der Waals surface area contributed by atoms with Gasteiger partial charge in [0.15, 0.2) is 5.82 Å². The third-order valence-corrected chi connectivity index (χ3v) is 6.85. The fourth-order valence-electron chi connectivity index (χ4n) is 4.04. The standard InChI is InChI=1S/C22H19BrClF3N6O3/c1-10-6-12-15(9-32(10)19(35)11-4-5-14(23)13(7-11)22(25,26)27)29-21(24)33(20(12)36)17-8-16(18(34)28-2)31(3)30-17/h4-5,7-8,10H,6,9H2,1-3H3,(H,28,34)/t10-/m1/s1. The Kier molecular flexibility index (Phi) is 6.73. The molecule has 1 atom stereocenters. The number of hydrogen-bond acceptors (Lipinski definition) is 5. The van der Waals surface area contributed by atoms with Crippen molar-refractivity contribution in [3.05, 3.63) is 72.5 Å². The fraction of sp³-hybridized carbons (Fsp3) is 0.318. The molecule has 0 aliphatic carbocycles. The first-order valence-electron chi connectivity index (χ1n) is 10.6. The smallest absolute Gasteiger partial charge is 0.354 e. The molecule has 0 radical (unpaired) electrons. The molecule has 1 aliphatic rings. The lowest BCUT2D eigenvalue weighted by Crippen LogP contribution is -2.46. The van der Waals surface area contributed by atoms with Gasteiger partial charge in [-0.15, -0.1) is 0 Å². The van der Waals surface area contributed by atoms with Crippen molar-refractivity contribution in [3.63, 3.8) is 0 Å². The molecular formula is C22H19BrClF3N6O3. The van der Waals surface area contributed by atoms with Crippen LogP contribution >= 0.6 is 27.5 Å². The normalized spacial score (nSPS) is 15.6. The second-order valence-electron chi connectivity index (χ2n) is 8.22. The first-order valence-corrected chi connectivity index (χ1v) is 11.7. The minimum Gasteiger partial charge on any atom is -0.354 e. The van der Waals surface area contributed by atoms with E-state index >= 15 is 0 Å². The van der Waals surface area contributed by atoms with E-state index in [-0.39, 0.29) is 45.5 Å². The minimum atomic E-state index is -4.64. The van der Waals surface area contributed by atoms with E-state index in [4.69, 9.17) is 11.6 Å². The molecule has 9 nitrogen and oxygen atoms in total. The van der Waals surface area contributed by atoms with Crippen LogP contribution in [0.3, 0.4) is 0 Å². The number of aryl methyl sites for hydroxylation is 1. The summed E-state index contributed by atoms with van der Waals surface area (Å²) in [5, 5.41) is 6.44. The largest absolute Gasteiger partial charge is 0.417 e. The van der Waals surface area contributed by atoms with Crippen LogP contribution in [0.1, 0.15) is 44.6 Å². The summed E-state index contributed by atoms with van der Waals surface area (Å²) < 4.78 is 42.2. The molecule has 1 aliphatic heterocycles. The monoisotopic (exact) mass is 586 g/mol. The average molecular weight is 588 g/mol. The number of nitrogens with zero attached hydrogens (tertiary/aromatic N) is 5. The van der Waals surface area contributed by atoms with Gasteiger partial charge >= 0.3 is 6.18 Å². The quantitative estimate of drug-likeness (QED) is 0.474. The lowest BCUT2D eigenvalue weighted by molar-refractivity contribution is -0.138. The molecular weight excluding hydrogens is 569 g/mol. The Bertz CT molecular complexity index is 1450. The molecule has 3 heterocycles. The summed E-state index contributed by atoms with van der Waals surface area (Å²) in [7, 11) is 3.00. The van der Waals surface area contributed by atoms with E-state index in [2.05, 4.69) is 31.3 Å². The third-order valence-electron chi connectivity index (χ3n) is 5.91. The molecule has 36 heavy (non-hydrogen) atoms. The van der Waals surface area contributed by atoms with Crippen molar-refractivity contribution in [1.82, 2.24) is 29.5 Å². The fourth-order valence-corrected chi connectivity index (χ4v) is 4.78. The zero-order chi connectivity index (χ0) is 26.5. The Hall–Kier alpha value is -3.19. The van der Waals surface area contributed by atoms with E-state index in [9.17, 15) is 27.6 Å². The van der Waals surface area contributed by atoms with Crippen LogP contribution in [0.4, 0.5) is 13.2 Å². The van der Waals surface area contributed by atoms with Gasteiger partial charge in [-0.05, 0) is 43.1 Å². The van der Waals surface area contributed by atoms with Crippen LogP contribution in [0, 0.1) is 0 Å². The summed E-state index contributed by atoms with van der Waals surface area (Å²) in [6.07, 6.45) is -4.54. The highest BCUT2D eigenvalue weighted by Crippen LogP contribution is 2.36. The topological polar surface area (TPSA) is 102 Å². The highest BCUT2D eigenvalue weighted by atomic mass is 79.9. The van der Waals surface area contributed by atoms with Crippen LogP contribution in [0.25, 0.3) is 5.82 Å². The molecule has 4 rings (SSSR count). The van der Waals surface area contributed by atoms with E-state index in [1.54, 1.807) is 6.92 Å². The molecule has 1 N–H and O–H groups in total. The molecule has 1 aromatic carbocycles. The van der Waals surface area contributed by atoms with Crippen LogP contribution in [0.5, 0.6) is 0 Å². The van der Waals surface area contributed by atoms with Gasteiger partial charge in [-0.1, -0.05) is 15.9 Å². The highest BCUT2D eigenvalue weighted by molar-refractivity contribution is 9.10. The maximum Gasteiger partial charge on any atom is 0.417 e. The molecule has 2 aromatic heterocycles. The van der Waals surface area contributed by atoms with Crippen LogP contribution in [0.2, 0.25) is 5.28 Å². The lowest BCUT2D eigenvalue weighted by Gasteiger charge is -2.34. The van der Waals surface area contributed by atoms with Crippen molar-refractivity contribution in [2.24, 2.45) is 7.05 Å². The van der Waals surface area contributed by atoms with Crippen LogP contribution < -0.4 is 10.9 Å². The van der Waals surface area contributed by atoms with Crippen LogP contribution in [-0.4, -0.2) is 49.1 Å². The van der Waals surface area contributed by atoms with Crippen LogP contribution in [0.15, 0.2) is 33.5 Å². The maximum absolute atomic E-state index is 13.3. The highest BCUT2D eigenvalue weighted by Gasteiger charge is 2.36. The van der Waals surface area contributed by atoms with E-state index in [1.165, 1.54) is 41.9 Å². The van der Waals surface area contributed by atoms with Crippen molar-refractivity contribution in [2.45, 2.75) is 32.1 Å². The number of rotatable bonds is 3. The van der Waals surface area contributed by atoms with Crippen molar-refractivity contribution in [1.29, 1.82) is 0 Å². The molecule has 0 unspecified atom stereocenters. The zero-order valence-electron chi connectivity index (χ0n) is 19.2. The average Bonchev–Trinajstić information content (AvgIpc) is 3.18. The van der Waals surface area contributed by atoms with E-state index in [0.717, 1.165) is 10.6 Å². The van der Waals surface area contributed by atoms with Gasteiger partial charge in [-0.2, -0.15) is 18.3 Å². The van der Waals surface area contributed by atoms with E-state index < -0.39 is 35.2 Å². The minimum absolute atomic E-state index is 0.0991. The van der Waals surface area contributed by atoms with Gasteiger partial charge in [0.1, 0.15) is 5.69 Å². The Labute approximate surface area is 216 Å². The Balaban J connectivity index is 1.71. The summed E-state index contributed by atoms with van der Waals surface area (Å²) in [5.74, 6) is -0.939. The van der Waals surface area contributed by atoms with Gasteiger partial charge in [0.05, 0.1) is 17.8 Å². The molecule has 0 fully saturated rings. The van der Waals surface area contributed by atoms with Crippen molar-refractivity contribution < 1.29 is 22.8 Å². The first-order chi connectivity index (χ1) is 16.8. The predicted octanol–water partition coefficient (Wildman–Crippen LogP) is 3.35. The summed E-state index contributed by atoms with van der Waals surface area (Å²) in [5.41, 5.74) is -0.873. The van der Waals surface area contributed by atoms with Gasteiger partial charge in [-0.3, -0.25) is 19.1 Å². The third kappa shape index (κ3) is 4.52. The second kappa shape index (κ2) is 9.36. The zero-order valence-corrected chi connectivity index (χ0v) is 21.5. The number of nitrogens with one attached hydrogen (secondary N) is 1. The lowest BCUT2D eigenvalue weighted by atomic mass is 9.98.